The number of hydrogen-bond donors (Lipinski definition) is 1. The van der Waals surface area contributed by atoms with Gasteiger partial charge in [-0.2, -0.15) is 0 Å². The molecule has 0 bridgehead atoms. The SMILES string of the molecule is c1coc(SCCCC2CCCN2)n1. The first-order chi connectivity index (χ1) is 6.95. The summed E-state index contributed by atoms with van der Waals surface area (Å²) >= 11 is 1.70. The van der Waals surface area contributed by atoms with Gasteiger partial charge in [0.1, 0.15) is 6.26 Å². The summed E-state index contributed by atoms with van der Waals surface area (Å²) in [6, 6.07) is 0.764. The van der Waals surface area contributed by atoms with Crippen LogP contribution >= 0.6 is 11.8 Å². The topological polar surface area (TPSA) is 38.1 Å². The van der Waals surface area contributed by atoms with Crippen molar-refractivity contribution in [3.05, 3.63) is 12.5 Å². The molecule has 1 saturated heterocycles. The lowest BCUT2D eigenvalue weighted by molar-refractivity contribution is 0.453. The van der Waals surface area contributed by atoms with Crippen LogP contribution in [-0.4, -0.2) is 23.3 Å². The van der Waals surface area contributed by atoms with Crippen molar-refractivity contribution in [1.82, 2.24) is 10.3 Å². The molecule has 1 aromatic heterocycles. The summed E-state index contributed by atoms with van der Waals surface area (Å²) in [5.41, 5.74) is 0. The summed E-state index contributed by atoms with van der Waals surface area (Å²) < 4.78 is 5.14. The summed E-state index contributed by atoms with van der Waals surface area (Å²) in [4.78, 5) is 4.07. The molecule has 2 rings (SSSR count). The Morgan fingerprint density at radius 1 is 1.64 bits per heavy atom. The maximum absolute atomic E-state index is 5.14. The molecule has 1 N–H and O–H groups in total. The van der Waals surface area contributed by atoms with Gasteiger partial charge in [0.25, 0.3) is 5.22 Å². The highest BCUT2D eigenvalue weighted by Crippen LogP contribution is 2.18. The van der Waals surface area contributed by atoms with Gasteiger partial charge in [0.15, 0.2) is 0 Å². The van der Waals surface area contributed by atoms with Crippen molar-refractivity contribution >= 4 is 11.8 Å². The van der Waals surface area contributed by atoms with Gasteiger partial charge >= 0.3 is 0 Å². The number of aromatic nitrogens is 1. The second-order valence-electron chi connectivity index (χ2n) is 3.58. The molecule has 1 atom stereocenters. The third kappa shape index (κ3) is 3.03. The van der Waals surface area contributed by atoms with Crippen molar-refractivity contribution in [2.24, 2.45) is 0 Å². The van der Waals surface area contributed by atoms with Crippen LogP contribution in [0.15, 0.2) is 22.1 Å². The lowest BCUT2D eigenvalue weighted by Gasteiger charge is -2.07. The second-order valence-corrected chi connectivity index (χ2v) is 4.63. The molecule has 1 fully saturated rings. The fraction of sp³-hybridized carbons (Fsp3) is 0.700. The molecule has 78 valence electrons. The molecule has 14 heavy (non-hydrogen) atoms. The summed E-state index contributed by atoms with van der Waals surface area (Å²) in [6.45, 7) is 1.21. The molecule has 0 aromatic carbocycles. The fourth-order valence-corrected chi connectivity index (χ4v) is 2.52. The van der Waals surface area contributed by atoms with Gasteiger partial charge in [-0.15, -0.1) is 0 Å². The van der Waals surface area contributed by atoms with E-state index in [1.165, 1.54) is 32.2 Å². The van der Waals surface area contributed by atoms with Crippen LogP contribution in [0, 0.1) is 0 Å². The highest BCUT2D eigenvalue weighted by molar-refractivity contribution is 7.99. The molecule has 0 radical (unpaired) electrons. The van der Waals surface area contributed by atoms with Gasteiger partial charge < -0.3 is 9.73 Å². The Bertz CT molecular complexity index is 245. The largest absolute Gasteiger partial charge is 0.440 e. The van der Waals surface area contributed by atoms with Crippen LogP contribution in [0.3, 0.4) is 0 Å². The van der Waals surface area contributed by atoms with E-state index < -0.39 is 0 Å². The molecular formula is C10H16N2OS. The zero-order valence-electron chi connectivity index (χ0n) is 8.24. The van der Waals surface area contributed by atoms with Crippen molar-refractivity contribution in [3.8, 4) is 0 Å². The molecule has 0 aliphatic carbocycles. The maximum Gasteiger partial charge on any atom is 0.255 e. The fourth-order valence-electron chi connectivity index (χ4n) is 1.77. The van der Waals surface area contributed by atoms with Crippen LogP contribution in [-0.2, 0) is 0 Å². The molecule has 1 aliphatic rings. The van der Waals surface area contributed by atoms with Crippen LogP contribution in [0.5, 0.6) is 0 Å². The molecular weight excluding hydrogens is 196 g/mol. The number of rotatable bonds is 5. The summed E-state index contributed by atoms with van der Waals surface area (Å²) in [5.74, 6) is 1.11. The maximum atomic E-state index is 5.14. The Morgan fingerprint density at radius 2 is 2.64 bits per heavy atom. The summed E-state index contributed by atoms with van der Waals surface area (Å²) in [7, 11) is 0. The normalized spacial score (nSPS) is 21.6. The van der Waals surface area contributed by atoms with E-state index in [-0.39, 0.29) is 0 Å². The monoisotopic (exact) mass is 212 g/mol. The highest BCUT2D eigenvalue weighted by Gasteiger charge is 2.12. The van der Waals surface area contributed by atoms with Crippen molar-refractivity contribution in [2.45, 2.75) is 36.9 Å². The lowest BCUT2D eigenvalue weighted by atomic mass is 10.1. The van der Waals surface area contributed by atoms with E-state index in [2.05, 4.69) is 10.3 Å². The van der Waals surface area contributed by atoms with E-state index in [0.717, 1.165) is 17.0 Å². The van der Waals surface area contributed by atoms with Crippen molar-refractivity contribution in [2.75, 3.05) is 12.3 Å². The first kappa shape index (κ1) is 10.1. The van der Waals surface area contributed by atoms with Gasteiger partial charge in [-0.05, 0) is 32.2 Å². The summed E-state index contributed by atoms with van der Waals surface area (Å²) in [5, 5.41) is 4.30. The minimum absolute atomic E-state index is 0.764. The smallest absolute Gasteiger partial charge is 0.255 e. The number of nitrogens with one attached hydrogen (secondary N) is 1. The highest BCUT2D eigenvalue weighted by atomic mass is 32.2. The van der Waals surface area contributed by atoms with E-state index in [1.807, 2.05) is 0 Å². The van der Waals surface area contributed by atoms with Crippen LogP contribution in [0.25, 0.3) is 0 Å². The minimum Gasteiger partial charge on any atom is -0.440 e. The Morgan fingerprint density at radius 3 is 3.36 bits per heavy atom. The van der Waals surface area contributed by atoms with Crippen LogP contribution in [0.1, 0.15) is 25.7 Å². The number of oxazole rings is 1. The van der Waals surface area contributed by atoms with Crippen molar-refractivity contribution < 1.29 is 4.42 Å². The standard InChI is InChI=1S/C10H16N2OS/c1-3-9(11-5-1)4-2-8-14-10-12-6-7-13-10/h6-7,9,11H,1-5,8H2. The van der Waals surface area contributed by atoms with Gasteiger partial charge in [-0.1, -0.05) is 11.8 Å². The summed E-state index contributed by atoms with van der Waals surface area (Å²) in [6.07, 6.45) is 8.54. The Hall–Kier alpha value is -0.480. The lowest BCUT2D eigenvalue weighted by Crippen LogP contribution is -2.20. The predicted molar refractivity (Wildman–Crippen MR) is 57.5 cm³/mol. The molecule has 3 nitrogen and oxygen atoms in total. The van der Waals surface area contributed by atoms with E-state index in [9.17, 15) is 0 Å². The number of nitrogens with zero attached hydrogens (tertiary/aromatic N) is 1. The van der Waals surface area contributed by atoms with Gasteiger partial charge in [-0.3, -0.25) is 0 Å². The van der Waals surface area contributed by atoms with Gasteiger partial charge in [-0.25, -0.2) is 4.98 Å². The molecule has 1 aromatic rings. The molecule has 1 unspecified atom stereocenters. The molecule has 2 heterocycles. The molecule has 0 amide bonds. The van der Waals surface area contributed by atoms with Gasteiger partial charge in [0.05, 0.1) is 6.20 Å². The third-order valence-electron chi connectivity index (χ3n) is 2.49. The second kappa shape index (κ2) is 5.41. The molecule has 4 heteroatoms. The quantitative estimate of drug-likeness (QED) is 0.600. The van der Waals surface area contributed by atoms with E-state index in [1.54, 1.807) is 24.2 Å². The zero-order valence-corrected chi connectivity index (χ0v) is 9.05. The van der Waals surface area contributed by atoms with Crippen LogP contribution in [0.4, 0.5) is 0 Å². The number of thioether (sulfide) groups is 1. The van der Waals surface area contributed by atoms with Crippen molar-refractivity contribution in [3.63, 3.8) is 0 Å². The van der Waals surface area contributed by atoms with Gasteiger partial charge in [0, 0.05) is 11.8 Å². The minimum atomic E-state index is 0.764. The third-order valence-corrected chi connectivity index (χ3v) is 3.44. The average Bonchev–Trinajstić information content (AvgIpc) is 2.86. The van der Waals surface area contributed by atoms with Crippen molar-refractivity contribution in [1.29, 1.82) is 0 Å². The number of hydrogen-bond acceptors (Lipinski definition) is 4. The molecule has 0 spiro atoms. The van der Waals surface area contributed by atoms with E-state index in [4.69, 9.17) is 4.42 Å². The Balaban J connectivity index is 1.55. The molecule has 0 saturated carbocycles. The zero-order chi connectivity index (χ0) is 9.64. The van der Waals surface area contributed by atoms with Crippen LogP contribution in [0.2, 0.25) is 0 Å². The van der Waals surface area contributed by atoms with Crippen LogP contribution < -0.4 is 5.32 Å². The molecule has 1 aliphatic heterocycles. The van der Waals surface area contributed by atoms with E-state index >= 15 is 0 Å². The average molecular weight is 212 g/mol. The first-order valence-corrected chi connectivity index (χ1v) is 6.19. The Labute approximate surface area is 88.7 Å². The Kier molecular flexibility index (Phi) is 3.89. The predicted octanol–water partition coefficient (Wildman–Crippen LogP) is 2.30. The van der Waals surface area contributed by atoms with Gasteiger partial charge in [0.2, 0.25) is 0 Å². The van der Waals surface area contributed by atoms with E-state index in [0.29, 0.717) is 0 Å². The first-order valence-electron chi connectivity index (χ1n) is 5.21.